The van der Waals surface area contributed by atoms with E-state index in [1.54, 1.807) is 0 Å². The summed E-state index contributed by atoms with van der Waals surface area (Å²) >= 11 is 0. The first-order valence-electron chi connectivity index (χ1n) is 8.16. The van der Waals surface area contributed by atoms with Crippen LogP contribution < -0.4 is 0 Å². The first-order valence-corrected chi connectivity index (χ1v) is 8.16. The highest BCUT2D eigenvalue weighted by molar-refractivity contribution is 5.04. The van der Waals surface area contributed by atoms with Crippen LogP contribution in [-0.2, 0) is 0 Å². The van der Waals surface area contributed by atoms with Crippen LogP contribution in [0.5, 0.6) is 0 Å². The van der Waals surface area contributed by atoms with E-state index in [2.05, 4.69) is 13.0 Å². The number of rotatable bonds is 3. The molecule has 0 aliphatic heterocycles. The second-order valence-corrected chi connectivity index (χ2v) is 7.38. The van der Waals surface area contributed by atoms with Gasteiger partial charge in [-0.2, -0.15) is 5.26 Å². The lowest BCUT2D eigenvalue weighted by Gasteiger charge is -2.38. The average molecular weight is 245 g/mol. The monoisotopic (exact) mass is 245 g/mol. The molecule has 1 nitrogen and oxygen atoms in total. The van der Waals surface area contributed by atoms with E-state index in [1.807, 2.05) is 0 Å². The Labute approximate surface area is 112 Å². The standard InChI is InChI=1S/C17H27N/c1-2-13-5-7-17(12-18,8-6-13)11-16-10-14-3-4-15(16)9-14/h13-16H,2-11H2,1H3. The Morgan fingerprint density at radius 3 is 2.39 bits per heavy atom. The normalized spacial score (nSPS) is 47.1. The summed E-state index contributed by atoms with van der Waals surface area (Å²) in [6, 6.07) is 2.75. The van der Waals surface area contributed by atoms with Crippen LogP contribution in [0, 0.1) is 40.4 Å². The lowest BCUT2D eigenvalue weighted by Crippen LogP contribution is -2.30. The highest BCUT2D eigenvalue weighted by atomic mass is 14.5. The van der Waals surface area contributed by atoms with Crippen molar-refractivity contribution in [2.45, 2.75) is 71.1 Å². The number of hydrogen-bond acceptors (Lipinski definition) is 1. The summed E-state index contributed by atoms with van der Waals surface area (Å²) < 4.78 is 0. The Morgan fingerprint density at radius 1 is 1.11 bits per heavy atom. The fourth-order valence-electron chi connectivity index (χ4n) is 5.13. The van der Waals surface area contributed by atoms with Crippen LogP contribution in [0.2, 0.25) is 0 Å². The topological polar surface area (TPSA) is 23.8 Å². The van der Waals surface area contributed by atoms with Gasteiger partial charge >= 0.3 is 0 Å². The molecule has 0 saturated heterocycles. The van der Waals surface area contributed by atoms with E-state index in [4.69, 9.17) is 0 Å². The number of nitriles is 1. The molecule has 3 atom stereocenters. The molecule has 3 aliphatic carbocycles. The molecule has 0 aromatic rings. The Morgan fingerprint density at radius 2 is 1.89 bits per heavy atom. The van der Waals surface area contributed by atoms with E-state index >= 15 is 0 Å². The van der Waals surface area contributed by atoms with Gasteiger partial charge in [-0.25, -0.2) is 0 Å². The van der Waals surface area contributed by atoms with E-state index in [1.165, 1.54) is 64.2 Å². The minimum absolute atomic E-state index is 0.0703. The molecule has 3 rings (SSSR count). The van der Waals surface area contributed by atoms with Crippen molar-refractivity contribution in [3.05, 3.63) is 0 Å². The molecule has 3 fully saturated rings. The molecule has 0 spiro atoms. The first-order chi connectivity index (χ1) is 8.74. The zero-order valence-electron chi connectivity index (χ0n) is 11.8. The zero-order valence-corrected chi connectivity index (χ0v) is 11.8. The van der Waals surface area contributed by atoms with Crippen molar-refractivity contribution in [3.63, 3.8) is 0 Å². The van der Waals surface area contributed by atoms with Gasteiger partial charge in [0.05, 0.1) is 11.5 Å². The summed E-state index contributed by atoms with van der Waals surface area (Å²) in [5.41, 5.74) is 0.0703. The third kappa shape index (κ3) is 2.20. The van der Waals surface area contributed by atoms with Crippen LogP contribution in [-0.4, -0.2) is 0 Å². The maximum atomic E-state index is 9.68. The Hall–Kier alpha value is -0.510. The van der Waals surface area contributed by atoms with Crippen LogP contribution in [0.4, 0.5) is 0 Å². The van der Waals surface area contributed by atoms with Gasteiger partial charge < -0.3 is 0 Å². The number of fused-ring (bicyclic) bond motifs is 2. The highest BCUT2D eigenvalue weighted by Crippen LogP contribution is 2.54. The smallest absolute Gasteiger partial charge is 0.0689 e. The summed E-state index contributed by atoms with van der Waals surface area (Å²) in [5.74, 6) is 3.83. The molecule has 3 aliphatic rings. The maximum Gasteiger partial charge on any atom is 0.0689 e. The molecular weight excluding hydrogens is 218 g/mol. The lowest BCUT2D eigenvalue weighted by molar-refractivity contribution is 0.145. The van der Waals surface area contributed by atoms with E-state index in [0.29, 0.717) is 0 Å². The fraction of sp³-hybridized carbons (Fsp3) is 0.941. The quantitative estimate of drug-likeness (QED) is 0.692. The summed E-state index contributed by atoms with van der Waals surface area (Å²) in [5, 5.41) is 9.68. The Bertz CT molecular complexity index is 332. The Kier molecular flexibility index (Phi) is 3.39. The van der Waals surface area contributed by atoms with Gasteiger partial charge in [-0.05, 0) is 75.0 Å². The molecule has 2 bridgehead atoms. The van der Waals surface area contributed by atoms with Crippen molar-refractivity contribution in [3.8, 4) is 6.07 Å². The van der Waals surface area contributed by atoms with Crippen LogP contribution in [0.15, 0.2) is 0 Å². The molecule has 0 radical (unpaired) electrons. The van der Waals surface area contributed by atoms with Crippen molar-refractivity contribution in [2.24, 2.45) is 29.1 Å². The average Bonchev–Trinajstić information content (AvgIpc) is 3.02. The van der Waals surface area contributed by atoms with Crippen molar-refractivity contribution in [1.82, 2.24) is 0 Å². The summed E-state index contributed by atoms with van der Waals surface area (Å²) in [7, 11) is 0. The summed E-state index contributed by atoms with van der Waals surface area (Å²) in [4.78, 5) is 0. The minimum Gasteiger partial charge on any atom is -0.198 e. The molecule has 0 aromatic heterocycles. The van der Waals surface area contributed by atoms with Crippen LogP contribution >= 0.6 is 0 Å². The molecule has 0 heterocycles. The van der Waals surface area contributed by atoms with Crippen molar-refractivity contribution < 1.29 is 0 Å². The van der Waals surface area contributed by atoms with Gasteiger partial charge in [-0.1, -0.05) is 19.8 Å². The first kappa shape index (κ1) is 12.5. The molecule has 0 amide bonds. The van der Waals surface area contributed by atoms with Crippen LogP contribution in [0.1, 0.15) is 71.1 Å². The third-order valence-corrected chi connectivity index (χ3v) is 6.41. The second kappa shape index (κ2) is 4.87. The summed E-state index contributed by atoms with van der Waals surface area (Å²) in [6.07, 6.45) is 13.4. The van der Waals surface area contributed by atoms with Gasteiger partial charge in [0.15, 0.2) is 0 Å². The molecule has 1 heteroatoms. The van der Waals surface area contributed by atoms with Crippen molar-refractivity contribution >= 4 is 0 Å². The second-order valence-electron chi connectivity index (χ2n) is 7.38. The van der Waals surface area contributed by atoms with Crippen LogP contribution in [0.25, 0.3) is 0 Å². The molecule has 100 valence electrons. The molecule has 0 aromatic carbocycles. The molecule has 3 saturated carbocycles. The largest absolute Gasteiger partial charge is 0.198 e. The molecular formula is C17H27N. The molecule has 3 unspecified atom stereocenters. The van der Waals surface area contributed by atoms with Gasteiger partial charge in [0, 0.05) is 0 Å². The van der Waals surface area contributed by atoms with Crippen molar-refractivity contribution in [1.29, 1.82) is 5.26 Å². The van der Waals surface area contributed by atoms with Gasteiger partial charge in [0.25, 0.3) is 0 Å². The lowest BCUT2D eigenvalue weighted by atomic mass is 9.65. The summed E-state index contributed by atoms with van der Waals surface area (Å²) in [6.45, 7) is 2.31. The van der Waals surface area contributed by atoms with Gasteiger partial charge in [0.1, 0.15) is 0 Å². The predicted octanol–water partition coefficient (Wildman–Crippen LogP) is 4.92. The van der Waals surface area contributed by atoms with E-state index in [9.17, 15) is 5.26 Å². The number of nitrogens with zero attached hydrogens (tertiary/aromatic N) is 1. The van der Waals surface area contributed by atoms with Crippen molar-refractivity contribution in [2.75, 3.05) is 0 Å². The molecule has 0 N–H and O–H groups in total. The third-order valence-electron chi connectivity index (χ3n) is 6.41. The fourth-order valence-corrected chi connectivity index (χ4v) is 5.13. The SMILES string of the molecule is CCC1CCC(C#N)(CC2CC3CCC2C3)CC1. The predicted molar refractivity (Wildman–Crippen MR) is 73.9 cm³/mol. The van der Waals surface area contributed by atoms with E-state index in [0.717, 1.165) is 23.7 Å². The number of hydrogen-bond donors (Lipinski definition) is 0. The Balaban J connectivity index is 1.61. The maximum absolute atomic E-state index is 9.68. The highest BCUT2D eigenvalue weighted by Gasteiger charge is 2.44. The molecule has 18 heavy (non-hydrogen) atoms. The van der Waals surface area contributed by atoms with E-state index < -0.39 is 0 Å². The van der Waals surface area contributed by atoms with E-state index in [-0.39, 0.29) is 5.41 Å². The zero-order chi connectivity index (χ0) is 12.6. The van der Waals surface area contributed by atoms with Gasteiger partial charge in [0.2, 0.25) is 0 Å². The van der Waals surface area contributed by atoms with Gasteiger partial charge in [-0.15, -0.1) is 0 Å². The minimum atomic E-state index is 0.0703. The van der Waals surface area contributed by atoms with Gasteiger partial charge in [-0.3, -0.25) is 0 Å². The van der Waals surface area contributed by atoms with Crippen LogP contribution in [0.3, 0.4) is 0 Å².